The molecular weight excluding hydrogens is 306 g/mol. The molecule has 1 aromatic carbocycles. The molecule has 2 aliphatic rings. The Kier molecular flexibility index (Phi) is 3.92. The molecule has 2 aromatic rings. The highest BCUT2D eigenvalue weighted by Crippen LogP contribution is 2.15. The van der Waals surface area contributed by atoms with Gasteiger partial charge in [-0.05, 0) is 36.6 Å². The van der Waals surface area contributed by atoms with Gasteiger partial charge in [0, 0.05) is 19.0 Å². The molecule has 7 heteroatoms. The van der Waals surface area contributed by atoms with E-state index in [9.17, 15) is 4.79 Å². The van der Waals surface area contributed by atoms with E-state index in [0.29, 0.717) is 18.3 Å². The minimum absolute atomic E-state index is 0.0943. The number of aromatic nitrogens is 2. The van der Waals surface area contributed by atoms with E-state index in [0.717, 1.165) is 36.0 Å². The highest BCUT2D eigenvalue weighted by atomic mass is 16.5. The second-order valence-electron chi connectivity index (χ2n) is 5.79. The summed E-state index contributed by atoms with van der Waals surface area (Å²) in [7, 11) is 0. The van der Waals surface area contributed by atoms with Gasteiger partial charge in [-0.2, -0.15) is 0 Å². The van der Waals surface area contributed by atoms with Crippen LogP contribution in [0, 0.1) is 0 Å². The Labute approximate surface area is 138 Å². The lowest BCUT2D eigenvalue weighted by molar-refractivity contribution is -0.115. The SMILES string of the molecule is O=C1NC(=N[C@@H]2CCCOC2)N/C1=C\c1ccc2nccnc2c1. The Morgan fingerprint density at radius 1 is 1.21 bits per heavy atom. The summed E-state index contributed by atoms with van der Waals surface area (Å²) in [5.41, 5.74) is 2.96. The van der Waals surface area contributed by atoms with E-state index in [2.05, 4.69) is 25.6 Å². The van der Waals surface area contributed by atoms with Crippen molar-refractivity contribution in [3.8, 4) is 0 Å². The molecule has 2 N–H and O–H groups in total. The maximum absolute atomic E-state index is 12.1. The van der Waals surface area contributed by atoms with Gasteiger partial charge in [0.1, 0.15) is 5.70 Å². The molecule has 3 heterocycles. The number of benzene rings is 1. The molecule has 0 radical (unpaired) electrons. The number of hydrogen-bond acceptors (Lipinski definition) is 5. The maximum Gasteiger partial charge on any atom is 0.274 e. The average Bonchev–Trinajstić information content (AvgIpc) is 2.95. The van der Waals surface area contributed by atoms with Gasteiger partial charge in [0.15, 0.2) is 0 Å². The lowest BCUT2D eigenvalue weighted by Crippen LogP contribution is -2.30. The summed E-state index contributed by atoms with van der Waals surface area (Å²) in [6.07, 6.45) is 7.06. The van der Waals surface area contributed by atoms with Crippen LogP contribution < -0.4 is 10.6 Å². The van der Waals surface area contributed by atoms with Crippen LogP contribution in [-0.4, -0.2) is 41.1 Å². The number of nitrogens with one attached hydrogen (secondary N) is 2. The van der Waals surface area contributed by atoms with E-state index in [1.165, 1.54) is 0 Å². The van der Waals surface area contributed by atoms with Crippen LogP contribution in [-0.2, 0) is 9.53 Å². The molecule has 2 fully saturated rings. The van der Waals surface area contributed by atoms with Crippen molar-refractivity contribution < 1.29 is 9.53 Å². The maximum atomic E-state index is 12.1. The Morgan fingerprint density at radius 3 is 2.92 bits per heavy atom. The van der Waals surface area contributed by atoms with Gasteiger partial charge in [0.2, 0.25) is 5.96 Å². The third-order valence-electron chi connectivity index (χ3n) is 3.98. The van der Waals surface area contributed by atoms with Crippen molar-refractivity contribution in [3.63, 3.8) is 0 Å². The largest absolute Gasteiger partial charge is 0.379 e. The molecule has 2 aliphatic heterocycles. The van der Waals surface area contributed by atoms with Gasteiger partial charge < -0.3 is 10.1 Å². The van der Waals surface area contributed by atoms with Gasteiger partial charge in [-0.15, -0.1) is 0 Å². The van der Waals surface area contributed by atoms with Gasteiger partial charge in [0.05, 0.1) is 23.7 Å². The second kappa shape index (κ2) is 6.37. The number of fused-ring (bicyclic) bond motifs is 1. The fourth-order valence-electron chi connectivity index (χ4n) is 2.80. The van der Waals surface area contributed by atoms with Crippen LogP contribution in [0.3, 0.4) is 0 Å². The van der Waals surface area contributed by atoms with E-state index in [4.69, 9.17) is 4.74 Å². The van der Waals surface area contributed by atoms with Gasteiger partial charge in [-0.3, -0.25) is 20.1 Å². The van der Waals surface area contributed by atoms with Gasteiger partial charge in [-0.1, -0.05) is 6.07 Å². The average molecular weight is 323 g/mol. The van der Waals surface area contributed by atoms with Gasteiger partial charge in [0.25, 0.3) is 5.91 Å². The molecule has 2 saturated heterocycles. The Balaban J connectivity index is 1.55. The number of carbonyl (C=O) groups is 1. The van der Waals surface area contributed by atoms with E-state index in [1.807, 2.05) is 18.2 Å². The van der Waals surface area contributed by atoms with Crippen LogP contribution in [0.5, 0.6) is 0 Å². The summed E-state index contributed by atoms with van der Waals surface area (Å²) in [5, 5.41) is 5.80. The highest BCUT2D eigenvalue weighted by Gasteiger charge is 2.23. The van der Waals surface area contributed by atoms with Crippen LogP contribution in [0.4, 0.5) is 0 Å². The summed E-state index contributed by atoms with van der Waals surface area (Å²) in [6.45, 7) is 1.39. The van der Waals surface area contributed by atoms with Crippen molar-refractivity contribution in [2.75, 3.05) is 13.2 Å². The predicted octanol–water partition coefficient (Wildman–Crippen LogP) is 1.23. The molecule has 1 atom stereocenters. The molecular formula is C17H17N5O2. The molecule has 7 nitrogen and oxygen atoms in total. The van der Waals surface area contributed by atoms with Crippen LogP contribution in [0.25, 0.3) is 17.1 Å². The number of aliphatic imine (C=N–C) groups is 1. The smallest absolute Gasteiger partial charge is 0.274 e. The van der Waals surface area contributed by atoms with Crippen molar-refractivity contribution in [1.82, 2.24) is 20.6 Å². The van der Waals surface area contributed by atoms with Crippen molar-refractivity contribution in [2.24, 2.45) is 4.99 Å². The molecule has 0 unspecified atom stereocenters. The lowest BCUT2D eigenvalue weighted by atomic mass is 10.1. The van der Waals surface area contributed by atoms with Crippen LogP contribution in [0.2, 0.25) is 0 Å². The summed E-state index contributed by atoms with van der Waals surface area (Å²) in [5.74, 6) is 0.298. The van der Waals surface area contributed by atoms with E-state index in [-0.39, 0.29) is 11.9 Å². The zero-order valence-electron chi connectivity index (χ0n) is 13.0. The van der Waals surface area contributed by atoms with Gasteiger partial charge in [-0.25, -0.2) is 4.99 Å². The van der Waals surface area contributed by atoms with E-state index < -0.39 is 0 Å². The number of rotatable bonds is 2. The highest BCUT2D eigenvalue weighted by molar-refractivity contribution is 6.15. The molecule has 24 heavy (non-hydrogen) atoms. The first-order chi connectivity index (χ1) is 11.8. The lowest BCUT2D eigenvalue weighted by Gasteiger charge is -2.18. The monoisotopic (exact) mass is 323 g/mol. The summed E-state index contributed by atoms with van der Waals surface area (Å²) in [4.78, 5) is 25.1. The first kappa shape index (κ1) is 14.8. The fraction of sp³-hybridized carbons (Fsp3) is 0.294. The number of amides is 1. The number of nitrogens with zero attached hydrogens (tertiary/aromatic N) is 3. The predicted molar refractivity (Wildman–Crippen MR) is 90.1 cm³/mol. The normalized spacial score (nSPS) is 24.3. The topological polar surface area (TPSA) is 88.5 Å². The molecule has 0 saturated carbocycles. The van der Waals surface area contributed by atoms with Crippen LogP contribution >= 0.6 is 0 Å². The summed E-state index contributed by atoms with van der Waals surface area (Å²) < 4.78 is 5.41. The van der Waals surface area contributed by atoms with Crippen molar-refractivity contribution in [1.29, 1.82) is 0 Å². The molecule has 0 spiro atoms. The minimum Gasteiger partial charge on any atom is -0.379 e. The fourth-order valence-corrected chi connectivity index (χ4v) is 2.80. The molecule has 4 rings (SSSR count). The Bertz CT molecular complexity index is 840. The van der Waals surface area contributed by atoms with E-state index in [1.54, 1.807) is 18.5 Å². The minimum atomic E-state index is -0.190. The molecule has 122 valence electrons. The Hall–Kier alpha value is -2.80. The standard InChI is InChI=1S/C17H17N5O2/c23-16-15(21-17(22-16)20-12-2-1-7-24-10-12)9-11-3-4-13-14(8-11)19-6-5-18-13/h3-6,8-9,12H,1-2,7,10H2,(H2,20,21,22,23)/b15-9-/t12-/m1/s1. The summed E-state index contributed by atoms with van der Waals surface area (Å²) in [6, 6.07) is 5.78. The second-order valence-corrected chi connectivity index (χ2v) is 5.79. The van der Waals surface area contributed by atoms with Crippen LogP contribution in [0.1, 0.15) is 18.4 Å². The first-order valence-corrected chi connectivity index (χ1v) is 7.94. The van der Waals surface area contributed by atoms with Crippen LogP contribution in [0.15, 0.2) is 41.3 Å². The summed E-state index contributed by atoms with van der Waals surface area (Å²) >= 11 is 0. The molecule has 1 amide bonds. The number of hydrogen-bond donors (Lipinski definition) is 2. The Morgan fingerprint density at radius 2 is 2.08 bits per heavy atom. The number of carbonyl (C=O) groups excluding carboxylic acids is 1. The van der Waals surface area contributed by atoms with Crippen molar-refractivity contribution in [3.05, 3.63) is 41.9 Å². The number of guanidine groups is 1. The molecule has 1 aromatic heterocycles. The molecule has 0 bridgehead atoms. The zero-order valence-corrected chi connectivity index (χ0v) is 13.0. The van der Waals surface area contributed by atoms with Crippen molar-refractivity contribution in [2.45, 2.75) is 18.9 Å². The van der Waals surface area contributed by atoms with Crippen molar-refractivity contribution >= 4 is 29.0 Å². The quantitative estimate of drug-likeness (QED) is 0.812. The van der Waals surface area contributed by atoms with Gasteiger partial charge >= 0.3 is 0 Å². The number of ether oxygens (including phenoxy) is 1. The third kappa shape index (κ3) is 3.11. The van der Waals surface area contributed by atoms with E-state index >= 15 is 0 Å². The molecule has 0 aliphatic carbocycles. The third-order valence-corrected chi connectivity index (χ3v) is 3.98. The zero-order chi connectivity index (χ0) is 16.4. The first-order valence-electron chi connectivity index (χ1n) is 7.94.